The summed E-state index contributed by atoms with van der Waals surface area (Å²) < 4.78 is 17.8. The quantitative estimate of drug-likeness (QED) is 0.684. The van der Waals surface area contributed by atoms with Crippen LogP contribution in [0.4, 0.5) is 0 Å². The molecule has 1 saturated heterocycles. The minimum Gasteiger partial charge on any atom is -0.464 e. The smallest absolute Gasteiger partial charge is 0.288 e. The molecule has 0 spiro atoms. The first-order valence-electron chi connectivity index (χ1n) is 11.6. The van der Waals surface area contributed by atoms with Gasteiger partial charge in [0.25, 0.3) is 5.91 Å². The summed E-state index contributed by atoms with van der Waals surface area (Å²) in [5.41, 5.74) is 0.855. The van der Waals surface area contributed by atoms with Crippen molar-refractivity contribution < 1.29 is 23.8 Å². The van der Waals surface area contributed by atoms with E-state index in [1.807, 2.05) is 20.0 Å². The largest absolute Gasteiger partial charge is 0.464 e. The minimum absolute atomic E-state index is 0.0190. The summed E-state index contributed by atoms with van der Waals surface area (Å²) in [5, 5.41) is 9.95. The van der Waals surface area contributed by atoms with Crippen molar-refractivity contribution in [3.8, 4) is 0 Å². The van der Waals surface area contributed by atoms with Crippen LogP contribution in [0.5, 0.6) is 0 Å². The van der Waals surface area contributed by atoms with Gasteiger partial charge >= 0.3 is 0 Å². The summed E-state index contributed by atoms with van der Waals surface area (Å²) in [6, 6.07) is 7.13. The average molecular weight is 457 g/mol. The third-order valence-corrected chi connectivity index (χ3v) is 6.48. The molecule has 1 amide bonds. The zero-order valence-corrected chi connectivity index (χ0v) is 19.2. The number of benzene rings is 1. The Bertz CT molecular complexity index is 1060. The Morgan fingerprint density at radius 3 is 2.70 bits per heavy atom. The summed E-state index contributed by atoms with van der Waals surface area (Å²) in [6.45, 7) is 5.11. The van der Waals surface area contributed by atoms with Gasteiger partial charge in [0, 0.05) is 56.8 Å². The van der Waals surface area contributed by atoms with Crippen molar-refractivity contribution in [2.24, 2.45) is 5.92 Å². The lowest BCUT2D eigenvalue weighted by atomic mass is 9.81. The van der Waals surface area contributed by atoms with Crippen LogP contribution in [0.15, 0.2) is 51.6 Å². The molecule has 0 radical (unpaired) electrons. The van der Waals surface area contributed by atoms with Crippen molar-refractivity contribution in [3.05, 3.63) is 58.2 Å². The van der Waals surface area contributed by atoms with Crippen molar-refractivity contribution in [1.29, 1.82) is 0 Å². The summed E-state index contributed by atoms with van der Waals surface area (Å²) in [4.78, 5) is 30.7. The molecular formula is C25H32N2O6. The van der Waals surface area contributed by atoms with Crippen LogP contribution in [0, 0.1) is 5.92 Å². The Kier molecular flexibility index (Phi) is 7.47. The van der Waals surface area contributed by atoms with E-state index in [1.54, 1.807) is 29.2 Å². The molecule has 3 heterocycles. The van der Waals surface area contributed by atoms with Crippen LogP contribution >= 0.6 is 0 Å². The SMILES string of the molecule is CCO[C@H]1OC(C(=O)N2CCN(C)CC2)=C[C@@H](c2coc3ccccc3c2=O)[C@@H]1CCCO. The highest BCUT2D eigenvalue weighted by molar-refractivity contribution is 5.92. The number of aliphatic hydroxyl groups excluding tert-OH is 1. The van der Waals surface area contributed by atoms with Gasteiger partial charge in [0.1, 0.15) is 5.58 Å². The number of allylic oxidation sites excluding steroid dienone is 1. The predicted octanol–water partition coefficient (Wildman–Crippen LogP) is 2.32. The maximum Gasteiger partial charge on any atom is 0.288 e. The Hall–Kier alpha value is -2.68. The Morgan fingerprint density at radius 1 is 1.21 bits per heavy atom. The molecule has 0 bridgehead atoms. The van der Waals surface area contributed by atoms with E-state index in [2.05, 4.69) is 4.90 Å². The van der Waals surface area contributed by atoms with Crippen molar-refractivity contribution in [1.82, 2.24) is 9.80 Å². The third-order valence-electron chi connectivity index (χ3n) is 6.48. The van der Waals surface area contributed by atoms with Gasteiger partial charge in [0.2, 0.25) is 6.29 Å². The fourth-order valence-electron chi connectivity index (χ4n) is 4.60. The summed E-state index contributed by atoms with van der Waals surface area (Å²) in [6.07, 6.45) is 3.64. The number of ether oxygens (including phenoxy) is 2. The highest BCUT2D eigenvalue weighted by atomic mass is 16.7. The van der Waals surface area contributed by atoms with Crippen LogP contribution in [0.3, 0.4) is 0 Å². The number of carbonyl (C=O) groups excluding carboxylic acids is 1. The van der Waals surface area contributed by atoms with E-state index in [9.17, 15) is 14.7 Å². The summed E-state index contributed by atoms with van der Waals surface area (Å²) >= 11 is 0. The molecule has 2 aromatic rings. The van der Waals surface area contributed by atoms with Gasteiger partial charge < -0.3 is 28.8 Å². The highest BCUT2D eigenvalue weighted by Gasteiger charge is 2.40. The maximum atomic E-state index is 13.4. The normalized spacial score (nSPS) is 23.9. The van der Waals surface area contributed by atoms with Gasteiger partial charge in [-0.05, 0) is 45.0 Å². The molecule has 1 N–H and O–H groups in total. The van der Waals surface area contributed by atoms with E-state index in [1.165, 1.54) is 6.26 Å². The number of rotatable bonds is 7. The van der Waals surface area contributed by atoms with Crippen molar-refractivity contribution in [2.45, 2.75) is 32.0 Å². The van der Waals surface area contributed by atoms with Crippen LogP contribution in [0.25, 0.3) is 11.0 Å². The number of para-hydroxylation sites is 1. The zero-order chi connectivity index (χ0) is 23.4. The van der Waals surface area contributed by atoms with Gasteiger partial charge in [-0.15, -0.1) is 0 Å². The number of hydrogen-bond donors (Lipinski definition) is 1. The second-order valence-electron chi connectivity index (χ2n) is 8.64. The third kappa shape index (κ3) is 4.98. The molecule has 33 heavy (non-hydrogen) atoms. The Labute approximate surface area is 193 Å². The van der Waals surface area contributed by atoms with Crippen molar-refractivity contribution in [2.75, 3.05) is 46.4 Å². The number of carbonyl (C=O) groups is 1. The molecule has 1 aromatic carbocycles. The molecule has 2 aliphatic rings. The molecule has 2 aliphatic heterocycles. The van der Waals surface area contributed by atoms with Crippen LogP contribution in [0.1, 0.15) is 31.2 Å². The molecular weight excluding hydrogens is 424 g/mol. The molecule has 0 saturated carbocycles. The molecule has 4 rings (SSSR count). The lowest BCUT2D eigenvalue weighted by molar-refractivity contribution is -0.171. The molecule has 8 heteroatoms. The molecule has 1 fully saturated rings. The molecule has 3 atom stereocenters. The lowest BCUT2D eigenvalue weighted by Gasteiger charge is -2.39. The highest BCUT2D eigenvalue weighted by Crippen LogP contribution is 2.39. The first-order valence-corrected chi connectivity index (χ1v) is 11.6. The van der Waals surface area contributed by atoms with Crippen LogP contribution in [0.2, 0.25) is 0 Å². The molecule has 0 unspecified atom stereocenters. The Balaban J connectivity index is 1.75. The molecule has 0 aliphatic carbocycles. The van der Waals surface area contributed by atoms with Crippen LogP contribution in [-0.2, 0) is 14.3 Å². The van der Waals surface area contributed by atoms with E-state index < -0.39 is 12.2 Å². The fourth-order valence-corrected chi connectivity index (χ4v) is 4.60. The fraction of sp³-hybridized carbons (Fsp3) is 0.520. The van der Waals surface area contributed by atoms with E-state index in [4.69, 9.17) is 13.9 Å². The lowest BCUT2D eigenvalue weighted by Crippen LogP contribution is -2.49. The van der Waals surface area contributed by atoms with E-state index in [0.717, 1.165) is 13.1 Å². The topological polar surface area (TPSA) is 92.5 Å². The van der Waals surface area contributed by atoms with Crippen molar-refractivity contribution >= 4 is 16.9 Å². The van der Waals surface area contributed by atoms with Gasteiger partial charge in [-0.1, -0.05) is 12.1 Å². The van der Waals surface area contributed by atoms with Crippen LogP contribution in [-0.4, -0.2) is 73.5 Å². The maximum absolute atomic E-state index is 13.4. The number of piperazine rings is 1. The number of aliphatic hydroxyl groups is 1. The van der Waals surface area contributed by atoms with Gasteiger partial charge in [-0.3, -0.25) is 9.59 Å². The second-order valence-corrected chi connectivity index (χ2v) is 8.64. The predicted molar refractivity (Wildman–Crippen MR) is 124 cm³/mol. The molecule has 1 aromatic heterocycles. The standard InChI is InChI=1S/C25H32N2O6/c1-3-31-25-17(8-6-14-28)19(20-16-32-21-9-5-4-7-18(21)23(20)29)15-22(33-25)24(30)27-12-10-26(2)11-13-27/h4-5,7,9,15-17,19,25,28H,3,6,8,10-14H2,1-2H3/t17-,19+,25-/m0/s1. The average Bonchev–Trinajstić information content (AvgIpc) is 2.83. The Morgan fingerprint density at radius 2 is 1.97 bits per heavy atom. The first-order chi connectivity index (χ1) is 16.0. The summed E-state index contributed by atoms with van der Waals surface area (Å²) in [7, 11) is 2.03. The van der Waals surface area contributed by atoms with E-state index in [-0.39, 0.29) is 29.6 Å². The van der Waals surface area contributed by atoms with Gasteiger partial charge in [-0.25, -0.2) is 0 Å². The van der Waals surface area contributed by atoms with Crippen LogP contribution < -0.4 is 5.43 Å². The van der Waals surface area contributed by atoms with Crippen molar-refractivity contribution in [3.63, 3.8) is 0 Å². The minimum atomic E-state index is -0.700. The van der Waals surface area contributed by atoms with E-state index in [0.29, 0.717) is 49.1 Å². The molecule has 178 valence electrons. The van der Waals surface area contributed by atoms with Gasteiger partial charge in [0.05, 0.1) is 11.6 Å². The number of hydrogen-bond acceptors (Lipinski definition) is 7. The monoisotopic (exact) mass is 456 g/mol. The summed E-state index contributed by atoms with van der Waals surface area (Å²) in [5.74, 6) is -0.668. The second kappa shape index (κ2) is 10.5. The number of fused-ring (bicyclic) bond motifs is 1. The molecule has 8 nitrogen and oxygen atoms in total. The number of amides is 1. The van der Waals surface area contributed by atoms with Gasteiger partial charge in [0.15, 0.2) is 11.2 Å². The first kappa shape index (κ1) is 23.5. The zero-order valence-electron chi connectivity index (χ0n) is 19.2. The van der Waals surface area contributed by atoms with E-state index >= 15 is 0 Å². The number of nitrogens with zero attached hydrogens (tertiary/aromatic N) is 2. The van der Waals surface area contributed by atoms with Gasteiger partial charge in [-0.2, -0.15) is 0 Å². The number of likely N-dealkylation sites (N-methyl/N-ethyl adjacent to an activating group) is 1.